The van der Waals surface area contributed by atoms with Gasteiger partial charge in [0.1, 0.15) is 5.75 Å². The van der Waals surface area contributed by atoms with Gasteiger partial charge >= 0.3 is 0 Å². The minimum atomic E-state index is -3.57. The number of aryl methyl sites for hydroxylation is 1. The molecule has 1 N–H and O–H groups in total. The Hall–Kier alpha value is -2.62. The third-order valence-electron chi connectivity index (χ3n) is 5.41. The number of nitrogens with one attached hydrogen (secondary N) is 1. The molecule has 1 heterocycles. The maximum atomic E-state index is 12.5. The minimum Gasteiger partial charge on any atom is -0.497 e. The summed E-state index contributed by atoms with van der Waals surface area (Å²) >= 11 is 0. The van der Waals surface area contributed by atoms with E-state index in [0.717, 1.165) is 37.6 Å². The molecule has 0 spiro atoms. The Labute approximate surface area is 184 Å². The fourth-order valence-electron chi connectivity index (χ4n) is 3.51. The van der Waals surface area contributed by atoms with Crippen molar-refractivity contribution in [1.29, 1.82) is 0 Å². The molecule has 9 heteroatoms. The smallest absolute Gasteiger partial charge is 0.242 e. The number of hydrogen-bond donors (Lipinski definition) is 1. The van der Waals surface area contributed by atoms with Crippen molar-refractivity contribution in [3.05, 3.63) is 48.0 Å². The van der Waals surface area contributed by atoms with Gasteiger partial charge in [-0.05, 0) is 48.9 Å². The third kappa shape index (κ3) is 5.55. The number of sulfonamides is 1. The van der Waals surface area contributed by atoms with Crippen LogP contribution in [0.25, 0.3) is 0 Å². The van der Waals surface area contributed by atoms with Crippen LogP contribution >= 0.6 is 0 Å². The number of amides is 1. The number of benzene rings is 2. The number of carbonyl (C=O) groups excluding carboxylic acids is 1. The molecule has 0 aromatic heterocycles. The zero-order valence-corrected chi connectivity index (χ0v) is 19.3. The van der Waals surface area contributed by atoms with Crippen LogP contribution < -0.4 is 15.0 Å². The van der Waals surface area contributed by atoms with Gasteiger partial charge in [-0.1, -0.05) is 6.07 Å². The zero-order chi connectivity index (χ0) is 22.6. The summed E-state index contributed by atoms with van der Waals surface area (Å²) in [5.41, 5.74) is 2.26. The standard InChI is InChI=1S/C22H30N4O4S/c1-17-5-6-18(15-21(17)31(28,29)24(2)3)23-22(27)16-25-11-13-26(14-12-25)19-7-9-20(30-4)10-8-19/h5-10,15H,11-14,16H2,1-4H3,(H,23,27). The topological polar surface area (TPSA) is 82.2 Å². The largest absolute Gasteiger partial charge is 0.497 e. The van der Waals surface area contributed by atoms with Crippen LogP contribution in [0.5, 0.6) is 5.75 Å². The first-order valence-electron chi connectivity index (χ1n) is 10.1. The predicted molar refractivity (Wildman–Crippen MR) is 122 cm³/mol. The number of rotatable bonds is 7. The van der Waals surface area contributed by atoms with E-state index in [2.05, 4.69) is 15.1 Å². The van der Waals surface area contributed by atoms with Gasteiger partial charge in [-0.3, -0.25) is 9.69 Å². The van der Waals surface area contributed by atoms with Crippen molar-refractivity contribution < 1.29 is 17.9 Å². The summed E-state index contributed by atoms with van der Waals surface area (Å²) < 4.78 is 31.3. The number of nitrogens with zero attached hydrogens (tertiary/aromatic N) is 3. The summed E-state index contributed by atoms with van der Waals surface area (Å²) in [4.78, 5) is 17.1. The first kappa shape index (κ1) is 23.1. The molecular formula is C22H30N4O4S. The van der Waals surface area contributed by atoms with Crippen LogP contribution in [0, 0.1) is 6.92 Å². The van der Waals surface area contributed by atoms with Crippen molar-refractivity contribution in [2.45, 2.75) is 11.8 Å². The van der Waals surface area contributed by atoms with Gasteiger partial charge in [0.25, 0.3) is 0 Å². The average Bonchev–Trinajstić information content (AvgIpc) is 2.75. The van der Waals surface area contributed by atoms with Gasteiger partial charge in [0.15, 0.2) is 0 Å². The lowest BCUT2D eigenvalue weighted by Crippen LogP contribution is -2.48. The monoisotopic (exact) mass is 446 g/mol. The maximum absolute atomic E-state index is 12.5. The molecule has 3 rings (SSSR count). The molecule has 1 aliphatic rings. The maximum Gasteiger partial charge on any atom is 0.242 e. The van der Waals surface area contributed by atoms with Gasteiger partial charge < -0.3 is 15.0 Å². The highest BCUT2D eigenvalue weighted by Crippen LogP contribution is 2.23. The van der Waals surface area contributed by atoms with Gasteiger partial charge in [-0.2, -0.15) is 0 Å². The summed E-state index contributed by atoms with van der Waals surface area (Å²) in [5.74, 6) is 0.673. The van der Waals surface area contributed by atoms with Crippen LogP contribution in [0.2, 0.25) is 0 Å². The number of anilines is 2. The van der Waals surface area contributed by atoms with Crippen LogP contribution in [0.15, 0.2) is 47.4 Å². The van der Waals surface area contributed by atoms with E-state index in [1.807, 2.05) is 24.3 Å². The van der Waals surface area contributed by atoms with Gasteiger partial charge in [0, 0.05) is 51.6 Å². The highest BCUT2D eigenvalue weighted by Gasteiger charge is 2.22. The molecule has 8 nitrogen and oxygen atoms in total. The first-order valence-corrected chi connectivity index (χ1v) is 11.6. The average molecular weight is 447 g/mol. The predicted octanol–water partition coefficient (Wildman–Crippen LogP) is 2.01. The van der Waals surface area contributed by atoms with Crippen molar-refractivity contribution in [2.24, 2.45) is 0 Å². The number of carbonyl (C=O) groups is 1. The molecule has 0 saturated carbocycles. The van der Waals surface area contributed by atoms with Crippen LogP contribution in [-0.4, -0.2) is 77.5 Å². The van der Waals surface area contributed by atoms with E-state index in [4.69, 9.17) is 4.74 Å². The highest BCUT2D eigenvalue weighted by atomic mass is 32.2. The normalized spacial score (nSPS) is 15.2. The third-order valence-corrected chi connectivity index (χ3v) is 7.36. The Morgan fingerprint density at radius 2 is 1.71 bits per heavy atom. The lowest BCUT2D eigenvalue weighted by Gasteiger charge is -2.35. The molecule has 2 aromatic rings. The number of methoxy groups -OCH3 is 1. The van der Waals surface area contributed by atoms with Crippen molar-refractivity contribution in [3.63, 3.8) is 0 Å². The Bertz CT molecular complexity index is 1010. The number of piperazine rings is 1. The second-order valence-corrected chi connectivity index (χ2v) is 9.90. The molecule has 0 atom stereocenters. The van der Waals surface area contributed by atoms with E-state index in [9.17, 15) is 13.2 Å². The fourth-order valence-corrected chi connectivity index (χ4v) is 4.66. The molecule has 1 aliphatic heterocycles. The number of ether oxygens (including phenoxy) is 1. The van der Waals surface area contributed by atoms with Crippen LogP contribution in [0.1, 0.15) is 5.56 Å². The van der Waals surface area contributed by atoms with Crippen molar-refractivity contribution in [3.8, 4) is 5.75 Å². The quantitative estimate of drug-likeness (QED) is 0.701. The van der Waals surface area contributed by atoms with E-state index in [-0.39, 0.29) is 17.3 Å². The minimum absolute atomic E-state index is 0.157. The second-order valence-electron chi connectivity index (χ2n) is 7.78. The van der Waals surface area contributed by atoms with Crippen LogP contribution in [0.4, 0.5) is 11.4 Å². The van der Waals surface area contributed by atoms with Gasteiger partial charge in [-0.15, -0.1) is 0 Å². The van der Waals surface area contributed by atoms with Gasteiger partial charge in [0.2, 0.25) is 15.9 Å². The fraction of sp³-hybridized carbons (Fsp3) is 0.409. The Kier molecular flexibility index (Phi) is 7.19. The zero-order valence-electron chi connectivity index (χ0n) is 18.5. The van der Waals surface area contributed by atoms with Crippen LogP contribution in [-0.2, 0) is 14.8 Å². The molecule has 0 unspecified atom stereocenters. The molecule has 0 radical (unpaired) electrons. The molecule has 0 bridgehead atoms. The van der Waals surface area contributed by atoms with E-state index in [1.54, 1.807) is 26.2 Å². The summed E-state index contributed by atoms with van der Waals surface area (Å²) in [5, 5.41) is 2.83. The second kappa shape index (κ2) is 9.67. The molecule has 1 fully saturated rings. The lowest BCUT2D eigenvalue weighted by atomic mass is 10.2. The molecule has 2 aromatic carbocycles. The van der Waals surface area contributed by atoms with Crippen molar-refractivity contribution in [1.82, 2.24) is 9.21 Å². The molecule has 1 amide bonds. The summed E-state index contributed by atoms with van der Waals surface area (Å²) in [7, 11) is 1.06. The van der Waals surface area contributed by atoms with Crippen molar-refractivity contribution >= 4 is 27.3 Å². The molecular weight excluding hydrogens is 416 g/mol. The number of hydrogen-bond acceptors (Lipinski definition) is 6. The molecule has 1 saturated heterocycles. The van der Waals surface area contributed by atoms with E-state index in [1.165, 1.54) is 24.5 Å². The molecule has 168 valence electrons. The van der Waals surface area contributed by atoms with Crippen molar-refractivity contribution in [2.75, 3.05) is 64.1 Å². The lowest BCUT2D eigenvalue weighted by molar-refractivity contribution is -0.117. The SMILES string of the molecule is COc1ccc(N2CCN(CC(=O)Nc3ccc(C)c(S(=O)(=O)N(C)C)c3)CC2)cc1. The van der Waals surface area contributed by atoms with Crippen LogP contribution in [0.3, 0.4) is 0 Å². The first-order chi connectivity index (χ1) is 14.7. The Balaban J connectivity index is 1.56. The van der Waals surface area contributed by atoms with E-state index < -0.39 is 10.0 Å². The summed E-state index contributed by atoms with van der Waals surface area (Å²) in [6, 6.07) is 12.9. The summed E-state index contributed by atoms with van der Waals surface area (Å²) in [6.07, 6.45) is 0. The van der Waals surface area contributed by atoms with E-state index >= 15 is 0 Å². The van der Waals surface area contributed by atoms with Gasteiger partial charge in [-0.25, -0.2) is 12.7 Å². The Morgan fingerprint density at radius 1 is 1.06 bits per heavy atom. The molecule has 31 heavy (non-hydrogen) atoms. The Morgan fingerprint density at radius 3 is 2.29 bits per heavy atom. The highest BCUT2D eigenvalue weighted by molar-refractivity contribution is 7.89. The van der Waals surface area contributed by atoms with Gasteiger partial charge in [0.05, 0.1) is 18.6 Å². The summed E-state index contributed by atoms with van der Waals surface area (Å²) in [6.45, 7) is 5.20. The molecule has 0 aliphatic carbocycles. The van der Waals surface area contributed by atoms with E-state index in [0.29, 0.717) is 11.3 Å².